The fraction of sp³-hybridized carbons (Fsp3) is 0.625. The zero-order valence-electron chi connectivity index (χ0n) is 11.8. The SMILES string of the molecule is Cc1cccc(C(CO)(CO)CC2CCC(C)O2)c1. The van der Waals surface area contributed by atoms with E-state index in [1.165, 1.54) is 0 Å². The highest BCUT2D eigenvalue weighted by atomic mass is 16.5. The Bertz CT molecular complexity index is 412. The molecule has 1 fully saturated rings. The van der Waals surface area contributed by atoms with Gasteiger partial charge in [0.25, 0.3) is 0 Å². The van der Waals surface area contributed by atoms with Crippen LogP contribution in [-0.2, 0) is 10.2 Å². The van der Waals surface area contributed by atoms with Gasteiger partial charge >= 0.3 is 0 Å². The fourth-order valence-corrected chi connectivity index (χ4v) is 2.93. The molecule has 1 aromatic carbocycles. The van der Waals surface area contributed by atoms with Crippen LogP contribution < -0.4 is 0 Å². The van der Waals surface area contributed by atoms with E-state index in [4.69, 9.17) is 4.74 Å². The molecule has 2 rings (SSSR count). The van der Waals surface area contributed by atoms with E-state index in [1.54, 1.807) is 0 Å². The molecule has 1 aliphatic rings. The van der Waals surface area contributed by atoms with Crippen molar-refractivity contribution in [3.05, 3.63) is 35.4 Å². The van der Waals surface area contributed by atoms with Gasteiger partial charge in [0.2, 0.25) is 0 Å². The van der Waals surface area contributed by atoms with Gasteiger partial charge in [0.05, 0.1) is 25.4 Å². The van der Waals surface area contributed by atoms with Crippen LogP contribution >= 0.6 is 0 Å². The van der Waals surface area contributed by atoms with E-state index >= 15 is 0 Å². The lowest BCUT2D eigenvalue weighted by Gasteiger charge is -2.33. The Hall–Kier alpha value is -0.900. The number of hydrogen-bond donors (Lipinski definition) is 2. The Labute approximate surface area is 115 Å². The summed E-state index contributed by atoms with van der Waals surface area (Å²) in [5, 5.41) is 19.7. The Balaban J connectivity index is 2.21. The molecule has 0 spiro atoms. The van der Waals surface area contributed by atoms with Gasteiger partial charge in [-0.2, -0.15) is 0 Å². The van der Waals surface area contributed by atoms with Gasteiger partial charge in [-0.05, 0) is 38.7 Å². The van der Waals surface area contributed by atoms with Gasteiger partial charge in [0.1, 0.15) is 0 Å². The van der Waals surface area contributed by atoms with Crippen LogP contribution in [0, 0.1) is 6.92 Å². The van der Waals surface area contributed by atoms with Gasteiger partial charge in [-0.15, -0.1) is 0 Å². The smallest absolute Gasteiger partial charge is 0.0590 e. The van der Waals surface area contributed by atoms with Crippen molar-refractivity contribution in [3.8, 4) is 0 Å². The van der Waals surface area contributed by atoms with Crippen LogP contribution in [0.3, 0.4) is 0 Å². The van der Waals surface area contributed by atoms with Crippen LogP contribution in [-0.4, -0.2) is 35.6 Å². The average Bonchev–Trinajstić information content (AvgIpc) is 2.81. The molecule has 1 aliphatic heterocycles. The number of aliphatic hydroxyl groups excluding tert-OH is 2. The molecule has 19 heavy (non-hydrogen) atoms. The lowest BCUT2D eigenvalue weighted by atomic mass is 9.76. The van der Waals surface area contributed by atoms with Crippen molar-refractivity contribution in [3.63, 3.8) is 0 Å². The third-order valence-corrected chi connectivity index (χ3v) is 4.17. The van der Waals surface area contributed by atoms with Crippen LogP contribution in [0.2, 0.25) is 0 Å². The molecule has 3 heteroatoms. The number of hydrogen-bond acceptors (Lipinski definition) is 3. The lowest BCUT2D eigenvalue weighted by Crippen LogP contribution is -2.38. The Morgan fingerprint density at radius 1 is 1.26 bits per heavy atom. The molecule has 2 atom stereocenters. The third-order valence-electron chi connectivity index (χ3n) is 4.17. The van der Waals surface area contributed by atoms with Gasteiger partial charge in [-0.3, -0.25) is 0 Å². The topological polar surface area (TPSA) is 49.7 Å². The summed E-state index contributed by atoms with van der Waals surface area (Å²) >= 11 is 0. The highest BCUT2D eigenvalue weighted by Gasteiger charge is 2.36. The van der Waals surface area contributed by atoms with Gasteiger partial charge in [0.15, 0.2) is 0 Å². The summed E-state index contributed by atoms with van der Waals surface area (Å²) in [5.41, 5.74) is 1.55. The van der Waals surface area contributed by atoms with Crippen molar-refractivity contribution in [2.24, 2.45) is 0 Å². The minimum Gasteiger partial charge on any atom is -0.395 e. The summed E-state index contributed by atoms with van der Waals surface area (Å²) in [7, 11) is 0. The third kappa shape index (κ3) is 3.16. The molecule has 0 radical (unpaired) electrons. The molecule has 3 nitrogen and oxygen atoms in total. The van der Waals surface area contributed by atoms with E-state index in [-0.39, 0.29) is 25.4 Å². The summed E-state index contributed by atoms with van der Waals surface area (Å²) in [5.74, 6) is 0. The first-order valence-corrected chi connectivity index (χ1v) is 7.04. The van der Waals surface area contributed by atoms with E-state index in [2.05, 4.69) is 6.92 Å². The maximum Gasteiger partial charge on any atom is 0.0590 e. The summed E-state index contributed by atoms with van der Waals surface area (Å²) in [6.45, 7) is 3.99. The number of rotatable bonds is 5. The molecule has 2 N–H and O–H groups in total. The van der Waals surface area contributed by atoms with E-state index in [0.717, 1.165) is 24.0 Å². The number of aryl methyl sites for hydroxylation is 1. The first kappa shape index (κ1) is 14.5. The van der Waals surface area contributed by atoms with E-state index in [9.17, 15) is 10.2 Å². The molecule has 0 saturated carbocycles. The van der Waals surface area contributed by atoms with Crippen molar-refractivity contribution >= 4 is 0 Å². The second kappa shape index (κ2) is 6.04. The Kier molecular flexibility index (Phi) is 4.61. The van der Waals surface area contributed by atoms with Gasteiger partial charge in [0, 0.05) is 5.41 Å². The van der Waals surface area contributed by atoms with Crippen LogP contribution in [0.1, 0.15) is 37.3 Å². The second-order valence-electron chi connectivity index (χ2n) is 5.82. The summed E-state index contributed by atoms with van der Waals surface area (Å²) < 4.78 is 5.85. The van der Waals surface area contributed by atoms with Crippen molar-refractivity contribution in [2.75, 3.05) is 13.2 Å². The van der Waals surface area contributed by atoms with Crippen molar-refractivity contribution in [1.82, 2.24) is 0 Å². The predicted molar refractivity (Wildman–Crippen MR) is 75.2 cm³/mol. The quantitative estimate of drug-likeness (QED) is 0.857. The lowest BCUT2D eigenvalue weighted by molar-refractivity contribution is 0.0113. The zero-order valence-corrected chi connectivity index (χ0v) is 11.8. The van der Waals surface area contributed by atoms with Crippen molar-refractivity contribution in [1.29, 1.82) is 0 Å². The monoisotopic (exact) mass is 264 g/mol. The highest BCUT2D eigenvalue weighted by Crippen LogP contribution is 2.34. The largest absolute Gasteiger partial charge is 0.395 e. The highest BCUT2D eigenvalue weighted by molar-refractivity contribution is 5.30. The van der Waals surface area contributed by atoms with E-state index < -0.39 is 5.41 Å². The maximum absolute atomic E-state index is 9.83. The van der Waals surface area contributed by atoms with E-state index in [0.29, 0.717) is 6.42 Å². The molecule has 1 saturated heterocycles. The molecule has 0 bridgehead atoms. The number of benzene rings is 1. The maximum atomic E-state index is 9.83. The molecule has 1 aromatic rings. The molecule has 0 aliphatic carbocycles. The Morgan fingerprint density at radius 3 is 2.53 bits per heavy atom. The van der Waals surface area contributed by atoms with Gasteiger partial charge < -0.3 is 14.9 Å². The zero-order chi connectivity index (χ0) is 13.9. The summed E-state index contributed by atoms with van der Waals surface area (Å²) in [6, 6.07) is 8.03. The van der Waals surface area contributed by atoms with Crippen LogP contribution in [0.25, 0.3) is 0 Å². The first-order valence-electron chi connectivity index (χ1n) is 7.04. The standard InChI is InChI=1S/C16H24O3/c1-12-4-3-5-14(8-12)16(10-17,11-18)9-15-7-6-13(2)19-15/h3-5,8,13,15,17-18H,6-7,9-11H2,1-2H3. The van der Waals surface area contributed by atoms with Crippen LogP contribution in [0.5, 0.6) is 0 Å². The fourth-order valence-electron chi connectivity index (χ4n) is 2.93. The number of ether oxygens (including phenoxy) is 1. The molecule has 106 valence electrons. The number of aliphatic hydroxyl groups is 2. The molecule has 0 amide bonds. The normalized spacial score (nSPS) is 23.8. The van der Waals surface area contributed by atoms with Crippen molar-refractivity contribution < 1.29 is 14.9 Å². The molecule has 2 unspecified atom stereocenters. The molecule has 0 aromatic heterocycles. The van der Waals surface area contributed by atoms with E-state index in [1.807, 2.05) is 31.2 Å². The first-order chi connectivity index (χ1) is 9.09. The summed E-state index contributed by atoms with van der Waals surface area (Å²) in [4.78, 5) is 0. The summed E-state index contributed by atoms with van der Waals surface area (Å²) in [6.07, 6.45) is 3.17. The van der Waals surface area contributed by atoms with Crippen LogP contribution in [0.4, 0.5) is 0 Å². The minimum atomic E-state index is -0.596. The minimum absolute atomic E-state index is 0.0544. The van der Waals surface area contributed by atoms with Crippen LogP contribution in [0.15, 0.2) is 24.3 Å². The second-order valence-corrected chi connectivity index (χ2v) is 5.82. The molecule has 1 heterocycles. The predicted octanol–water partition coefficient (Wildman–Crippen LogP) is 2.18. The Morgan fingerprint density at radius 2 is 2.00 bits per heavy atom. The van der Waals surface area contributed by atoms with Crippen molar-refractivity contribution in [2.45, 2.75) is 50.7 Å². The van der Waals surface area contributed by atoms with Gasteiger partial charge in [-0.1, -0.05) is 29.8 Å². The molecular formula is C16H24O3. The molecular weight excluding hydrogens is 240 g/mol. The average molecular weight is 264 g/mol. The van der Waals surface area contributed by atoms with Gasteiger partial charge in [-0.25, -0.2) is 0 Å².